The van der Waals surface area contributed by atoms with Gasteiger partial charge in [0.25, 0.3) is 5.91 Å². The van der Waals surface area contributed by atoms with Crippen LogP contribution in [-0.2, 0) is 0 Å². The molecule has 2 rings (SSSR count). The maximum absolute atomic E-state index is 12.3. The third kappa shape index (κ3) is 2.43. The molecule has 1 aliphatic rings. The minimum atomic E-state index is 0.0643. The van der Waals surface area contributed by atoms with E-state index in [1.807, 2.05) is 18.9 Å². The number of benzene rings is 1. The summed E-state index contributed by atoms with van der Waals surface area (Å²) >= 11 is 0. The fourth-order valence-corrected chi connectivity index (χ4v) is 2.54. The van der Waals surface area contributed by atoms with Crippen molar-refractivity contribution < 1.29 is 9.90 Å². The summed E-state index contributed by atoms with van der Waals surface area (Å²) in [4.78, 5) is 14.2. The Morgan fingerprint density at radius 1 is 1.35 bits per heavy atom. The molecule has 0 aromatic heterocycles. The largest absolute Gasteiger partial charge is 0.508 e. The zero-order valence-corrected chi connectivity index (χ0v) is 10.4. The van der Waals surface area contributed by atoms with Crippen LogP contribution in [0.3, 0.4) is 0 Å². The molecular weight excluding hydrogens is 214 g/mol. The van der Waals surface area contributed by atoms with E-state index < -0.39 is 0 Å². The van der Waals surface area contributed by atoms with Gasteiger partial charge in [0.15, 0.2) is 0 Å². The lowest BCUT2D eigenvalue weighted by Gasteiger charge is -2.25. The topological polar surface area (TPSA) is 40.5 Å². The summed E-state index contributed by atoms with van der Waals surface area (Å²) in [5.41, 5.74) is 1.53. The number of phenolic OH excluding ortho intramolecular Hbond substituents is 1. The molecule has 0 atom stereocenters. The SMILES string of the molecule is Cc1cc(O)ccc1C(=O)N(C)C1CCCC1. The van der Waals surface area contributed by atoms with E-state index in [2.05, 4.69) is 0 Å². The molecule has 1 aliphatic carbocycles. The van der Waals surface area contributed by atoms with Crippen molar-refractivity contribution in [1.29, 1.82) is 0 Å². The molecule has 92 valence electrons. The number of hydrogen-bond donors (Lipinski definition) is 1. The summed E-state index contributed by atoms with van der Waals surface area (Å²) in [5.74, 6) is 0.275. The number of aromatic hydroxyl groups is 1. The zero-order valence-electron chi connectivity index (χ0n) is 10.4. The Morgan fingerprint density at radius 2 is 2.00 bits per heavy atom. The van der Waals surface area contributed by atoms with Crippen LogP contribution in [0.1, 0.15) is 41.6 Å². The van der Waals surface area contributed by atoms with Crippen LogP contribution in [0.4, 0.5) is 0 Å². The average molecular weight is 233 g/mol. The first-order chi connectivity index (χ1) is 8.09. The van der Waals surface area contributed by atoms with E-state index >= 15 is 0 Å². The van der Waals surface area contributed by atoms with E-state index in [9.17, 15) is 9.90 Å². The lowest BCUT2D eigenvalue weighted by molar-refractivity contribution is 0.0734. The van der Waals surface area contributed by atoms with Crippen LogP contribution >= 0.6 is 0 Å². The average Bonchev–Trinajstić information content (AvgIpc) is 2.80. The molecule has 1 saturated carbocycles. The number of phenols is 1. The number of amides is 1. The lowest BCUT2D eigenvalue weighted by atomic mass is 10.1. The summed E-state index contributed by atoms with van der Waals surface area (Å²) in [6.45, 7) is 1.86. The third-order valence-electron chi connectivity index (χ3n) is 3.63. The van der Waals surface area contributed by atoms with Gasteiger partial charge in [0.1, 0.15) is 5.75 Å². The molecule has 3 nitrogen and oxygen atoms in total. The first-order valence-electron chi connectivity index (χ1n) is 6.16. The number of hydrogen-bond acceptors (Lipinski definition) is 2. The highest BCUT2D eigenvalue weighted by atomic mass is 16.3. The molecule has 3 heteroatoms. The smallest absolute Gasteiger partial charge is 0.254 e. The molecule has 0 unspecified atom stereocenters. The highest BCUT2D eigenvalue weighted by Gasteiger charge is 2.24. The van der Waals surface area contributed by atoms with Crippen molar-refractivity contribution in [3.05, 3.63) is 29.3 Å². The van der Waals surface area contributed by atoms with Gasteiger partial charge < -0.3 is 10.0 Å². The van der Waals surface area contributed by atoms with E-state index in [0.29, 0.717) is 11.6 Å². The summed E-state index contributed by atoms with van der Waals surface area (Å²) in [6, 6.07) is 5.30. The molecule has 0 spiro atoms. The second-order valence-electron chi connectivity index (χ2n) is 4.85. The lowest BCUT2D eigenvalue weighted by Crippen LogP contribution is -2.35. The summed E-state index contributed by atoms with van der Waals surface area (Å²) in [5, 5.41) is 9.34. The van der Waals surface area contributed by atoms with E-state index in [1.165, 1.54) is 12.8 Å². The second-order valence-corrected chi connectivity index (χ2v) is 4.85. The maximum atomic E-state index is 12.3. The van der Waals surface area contributed by atoms with Gasteiger partial charge in [-0.1, -0.05) is 12.8 Å². The number of carbonyl (C=O) groups is 1. The van der Waals surface area contributed by atoms with Crippen molar-refractivity contribution in [3.63, 3.8) is 0 Å². The van der Waals surface area contributed by atoms with Gasteiger partial charge in [0.05, 0.1) is 0 Å². The van der Waals surface area contributed by atoms with Crippen LogP contribution in [0, 0.1) is 6.92 Å². The zero-order chi connectivity index (χ0) is 12.4. The summed E-state index contributed by atoms with van der Waals surface area (Å²) in [6.07, 6.45) is 4.66. The van der Waals surface area contributed by atoms with Gasteiger partial charge in [-0.3, -0.25) is 4.79 Å². The first kappa shape index (κ1) is 12.0. The Labute approximate surface area is 102 Å². The van der Waals surface area contributed by atoms with E-state index in [0.717, 1.165) is 18.4 Å². The molecule has 1 amide bonds. The summed E-state index contributed by atoms with van der Waals surface area (Å²) < 4.78 is 0. The molecule has 1 fully saturated rings. The fraction of sp³-hybridized carbons (Fsp3) is 0.500. The number of aryl methyl sites for hydroxylation is 1. The van der Waals surface area contributed by atoms with E-state index in [1.54, 1.807) is 18.2 Å². The third-order valence-corrected chi connectivity index (χ3v) is 3.63. The van der Waals surface area contributed by atoms with Crippen LogP contribution in [0.5, 0.6) is 5.75 Å². The van der Waals surface area contributed by atoms with Crippen LogP contribution in [0.25, 0.3) is 0 Å². The molecule has 0 aliphatic heterocycles. The van der Waals surface area contributed by atoms with Crippen molar-refractivity contribution in [1.82, 2.24) is 4.90 Å². The Hall–Kier alpha value is -1.51. The number of nitrogens with zero attached hydrogens (tertiary/aromatic N) is 1. The monoisotopic (exact) mass is 233 g/mol. The van der Waals surface area contributed by atoms with Crippen molar-refractivity contribution in [2.75, 3.05) is 7.05 Å². The van der Waals surface area contributed by atoms with Crippen LogP contribution in [0.15, 0.2) is 18.2 Å². The quantitative estimate of drug-likeness (QED) is 0.853. The Morgan fingerprint density at radius 3 is 2.59 bits per heavy atom. The molecular formula is C14H19NO2. The molecule has 0 heterocycles. The normalized spacial score (nSPS) is 16.1. The fourth-order valence-electron chi connectivity index (χ4n) is 2.54. The molecule has 0 bridgehead atoms. The van der Waals surface area contributed by atoms with Crippen molar-refractivity contribution in [3.8, 4) is 5.75 Å². The van der Waals surface area contributed by atoms with Gasteiger partial charge in [-0.2, -0.15) is 0 Å². The van der Waals surface area contributed by atoms with E-state index in [-0.39, 0.29) is 11.7 Å². The standard InChI is InChI=1S/C14H19NO2/c1-10-9-12(16)7-8-13(10)14(17)15(2)11-5-3-4-6-11/h7-9,11,16H,3-6H2,1-2H3. The second kappa shape index (κ2) is 4.78. The Balaban J connectivity index is 2.18. The predicted octanol–water partition coefficient (Wildman–Crippen LogP) is 2.72. The van der Waals surface area contributed by atoms with Gasteiger partial charge in [-0.05, 0) is 43.5 Å². The van der Waals surface area contributed by atoms with Crippen molar-refractivity contribution >= 4 is 5.91 Å². The van der Waals surface area contributed by atoms with Gasteiger partial charge in [-0.15, -0.1) is 0 Å². The molecule has 0 saturated heterocycles. The number of carbonyl (C=O) groups excluding carboxylic acids is 1. The van der Waals surface area contributed by atoms with Crippen LogP contribution in [-0.4, -0.2) is 29.0 Å². The van der Waals surface area contributed by atoms with Crippen LogP contribution in [0.2, 0.25) is 0 Å². The number of rotatable bonds is 2. The predicted molar refractivity (Wildman–Crippen MR) is 67.2 cm³/mol. The first-order valence-corrected chi connectivity index (χ1v) is 6.16. The summed E-state index contributed by atoms with van der Waals surface area (Å²) in [7, 11) is 1.88. The highest BCUT2D eigenvalue weighted by molar-refractivity contribution is 5.95. The highest BCUT2D eigenvalue weighted by Crippen LogP contribution is 2.25. The molecule has 17 heavy (non-hydrogen) atoms. The minimum absolute atomic E-state index is 0.0643. The van der Waals surface area contributed by atoms with Crippen molar-refractivity contribution in [2.24, 2.45) is 0 Å². The molecule has 1 aromatic carbocycles. The van der Waals surface area contributed by atoms with Gasteiger partial charge in [-0.25, -0.2) is 0 Å². The van der Waals surface area contributed by atoms with Crippen LogP contribution < -0.4 is 0 Å². The van der Waals surface area contributed by atoms with Crippen molar-refractivity contribution in [2.45, 2.75) is 38.6 Å². The van der Waals surface area contributed by atoms with Gasteiger partial charge in [0, 0.05) is 18.7 Å². The Bertz CT molecular complexity index is 422. The van der Waals surface area contributed by atoms with Gasteiger partial charge in [0.2, 0.25) is 0 Å². The molecule has 1 N–H and O–H groups in total. The molecule has 0 radical (unpaired) electrons. The van der Waals surface area contributed by atoms with E-state index in [4.69, 9.17) is 0 Å². The van der Waals surface area contributed by atoms with Gasteiger partial charge >= 0.3 is 0 Å². The minimum Gasteiger partial charge on any atom is -0.508 e. The molecule has 1 aromatic rings. The Kier molecular flexibility index (Phi) is 3.36. The maximum Gasteiger partial charge on any atom is 0.254 e.